The Morgan fingerprint density at radius 3 is 0.600 bits per heavy atom. The molecule has 0 saturated heterocycles. The van der Waals surface area contributed by atoms with Crippen molar-refractivity contribution in [1.29, 1.82) is 0 Å². The van der Waals surface area contributed by atoms with Crippen LogP contribution in [0.3, 0.4) is 0 Å². The van der Waals surface area contributed by atoms with E-state index in [-0.39, 0.29) is 38.1 Å². The van der Waals surface area contributed by atoms with Gasteiger partial charge in [-0.05, 0) is 64.0 Å². The van der Waals surface area contributed by atoms with Gasteiger partial charge in [0.05, 0.1) is 0 Å². The summed E-state index contributed by atoms with van der Waals surface area (Å²) in [6.45, 7) is 19.4. The maximum absolute atomic E-state index is 9.58. The standard InChI is InChI=1S/2C6H16OSi.2C3H8O.Hf/c2*1-4-8(7,5-2)6-3;2*1-3(2)4;/h2*7H,4-6H2,1-3H3;2*3-4H,1-2H3;. The van der Waals surface area contributed by atoms with Crippen LogP contribution in [-0.4, -0.2) is 48.6 Å². The van der Waals surface area contributed by atoms with Gasteiger partial charge in [0.25, 0.3) is 0 Å². The van der Waals surface area contributed by atoms with Gasteiger partial charge in [0.2, 0.25) is 0 Å². The summed E-state index contributed by atoms with van der Waals surface area (Å²) in [6.07, 6.45) is -0.333. The molecule has 0 aromatic rings. The van der Waals surface area contributed by atoms with Gasteiger partial charge in [0, 0.05) is 38.1 Å². The second-order valence-electron chi connectivity index (χ2n) is 6.76. The van der Waals surface area contributed by atoms with E-state index in [0.29, 0.717) is 0 Å². The summed E-state index contributed by atoms with van der Waals surface area (Å²) in [5.41, 5.74) is 0. The fourth-order valence-electron chi connectivity index (χ4n) is 1.50. The van der Waals surface area contributed by atoms with Crippen LogP contribution in [0.1, 0.15) is 69.2 Å². The van der Waals surface area contributed by atoms with Crippen molar-refractivity contribution >= 4 is 16.6 Å². The normalized spacial score (nSPS) is 10.6. The molecule has 4 N–H and O–H groups in total. The first-order chi connectivity index (χ1) is 10.8. The Morgan fingerprint density at radius 2 is 0.600 bits per heavy atom. The Kier molecular flexibility index (Phi) is 34.3. The van der Waals surface area contributed by atoms with E-state index in [1.54, 1.807) is 27.7 Å². The van der Waals surface area contributed by atoms with Gasteiger partial charge in [0.1, 0.15) is 0 Å². The zero-order valence-corrected chi connectivity index (χ0v) is 24.3. The van der Waals surface area contributed by atoms with Gasteiger partial charge in [0.15, 0.2) is 16.6 Å². The Labute approximate surface area is 179 Å². The minimum Gasteiger partial charge on any atom is -0.432 e. The maximum Gasteiger partial charge on any atom is 0.187 e. The number of aliphatic hydroxyl groups is 2. The van der Waals surface area contributed by atoms with E-state index in [1.165, 1.54) is 0 Å². The molecule has 0 aromatic heterocycles. The molecule has 0 spiro atoms. The second-order valence-corrected chi connectivity index (χ2v) is 15.9. The SMILES string of the molecule is CC(C)O.CC(C)O.CC[Si](O)(CC)CC.CC[Si](O)(CC)CC.[Hf]. The quantitative estimate of drug-likeness (QED) is 0.353. The third-order valence-electron chi connectivity index (χ3n) is 3.95. The minimum absolute atomic E-state index is 0. The minimum atomic E-state index is -1.67. The van der Waals surface area contributed by atoms with E-state index in [4.69, 9.17) is 10.2 Å². The smallest absolute Gasteiger partial charge is 0.187 e. The molecular formula is C18H48HfO4Si2. The Balaban J connectivity index is -0.0000000739. The molecule has 25 heavy (non-hydrogen) atoms. The predicted octanol–water partition coefficient (Wildman–Crippen LogP) is 4.74. The first-order valence-corrected chi connectivity index (χ1v) is 14.8. The van der Waals surface area contributed by atoms with Crippen molar-refractivity contribution in [2.45, 2.75) is 118 Å². The van der Waals surface area contributed by atoms with Crippen LogP contribution in [-0.2, 0) is 25.8 Å². The van der Waals surface area contributed by atoms with E-state index in [2.05, 4.69) is 41.5 Å². The predicted molar refractivity (Wildman–Crippen MR) is 114 cm³/mol. The molecule has 0 atom stereocenters. The molecule has 0 aromatic carbocycles. The monoisotopic (exact) mass is 564 g/mol. The number of aliphatic hydroxyl groups excluding tert-OH is 2. The summed E-state index contributed by atoms with van der Waals surface area (Å²) in [4.78, 5) is 19.2. The van der Waals surface area contributed by atoms with Gasteiger partial charge in [-0.1, -0.05) is 41.5 Å². The Bertz CT molecular complexity index is 189. The third kappa shape index (κ3) is 36.7. The average Bonchev–Trinajstić information content (AvgIpc) is 2.53. The molecule has 0 aliphatic heterocycles. The average molecular weight is 563 g/mol. The van der Waals surface area contributed by atoms with Crippen LogP contribution in [0.2, 0.25) is 36.3 Å². The Morgan fingerprint density at radius 1 is 0.520 bits per heavy atom. The molecule has 7 heteroatoms. The van der Waals surface area contributed by atoms with Crippen molar-refractivity contribution in [3.05, 3.63) is 0 Å². The zero-order chi connectivity index (χ0) is 20.4. The summed E-state index contributed by atoms with van der Waals surface area (Å²) >= 11 is 0. The van der Waals surface area contributed by atoms with Crippen LogP contribution in [0, 0.1) is 0 Å². The maximum atomic E-state index is 9.58. The van der Waals surface area contributed by atoms with Crippen LogP contribution in [0.5, 0.6) is 0 Å². The van der Waals surface area contributed by atoms with Gasteiger partial charge in [-0.15, -0.1) is 0 Å². The molecular weight excluding hydrogens is 515 g/mol. The van der Waals surface area contributed by atoms with E-state index in [1.807, 2.05) is 0 Å². The summed E-state index contributed by atoms with van der Waals surface area (Å²) in [5.74, 6) is 0. The van der Waals surface area contributed by atoms with Gasteiger partial charge in [-0.3, -0.25) is 0 Å². The second kappa shape index (κ2) is 23.2. The molecule has 0 radical (unpaired) electrons. The number of hydrogen-bond acceptors (Lipinski definition) is 4. The molecule has 0 aliphatic carbocycles. The van der Waals surface area contributed by atoms with Crippen LogP contribution in [0.4, 0.5) is 0 Å². The number of hydrogen-bond donors (Lipinski definition) is 4. The van der Waals surface area contributed by atoms with E-state index in [0.717, 1.165) is 36.3 Å². The summed E-state index contributed by atoms with van der Waals surface area (Å²) in [6, 6.07) is 6.08. The molecule has 0 rings (SSSR count). The molecule has 4 nitrogen and oxygen atoms in total. The molecule has 156 valence electrons. The van der Waals surface area contributed by atoms with Crippen molar-refractivity contribution in [1.82, 2.24) is 0 Å². The van der Waals surface area contributed by atoms with Crippen molar-refractivity contribution < 1.29 is 45.6 Å². The molecule has 0 bridgehead atoms. The summed E-state index contributed by atoms with van der Waals surface area (Å²) in [5, 5.41) is 16.1. The van der Waals surface area contributed by atoms with E-state index < -0.39 is 16.6 Å². The zero-order valence-electron chi connectivity index (χ0n) is 18.7. The van der Waals surface area contributed by atoms with Crippen LogP contribution < -0.4 is 0 Å². The molecule has 0 amide bonds. The van der Waals surface area contributed by atoms with Crippen LogP contribution >= 0.6 is 0 Å². The Hall–Kier alpha value is 1.14. The van der Waals surface area contributed by atoms with Crippen LogP contribution in [0.25, 0.3) is 0 Å². The summed E-state index contributed by atoms with van der Waals surface area (Å²) < 4.78 is 0. The van der Waals surface area contributed by atoms with Crippen molar-refractivity contribution in [3.63, 3.8) is 0 Å². The first kappa shape index (κ1) is 37.0. The van der Waals surface area contributed by atoms with Crippen molar-refractivity contribution in [2.24, 2.45) is 0 Å². The fraction of sp³-hybridized carbons (Fsp3) is 1.00. The van der Waals surface area contributed by atoms with Gasteiger partial charge in [-0.2, -0.15) is 0 Å². The molecule has 0 unspecified atom stereocenters. The molecule has 0 saturated carbocycles. The molecule has 0 aliphatic rings. The van der Waals surface area contributed by atoms with Crippen LogP contribution in [0.15, 0.2) is 0 Å². The molecule has 0 fully saturated rings. The van der Waals surface area contributed by atoms with Gasteiger partial charge < -0.3 is 19.8 Å². The van der Waals surface area contributed by atoms with Gasteiger partial charge >= 0.3 is 0 Å². The van der Waals surface area contributed by atoms with E-state index >= 15 is 0 Å². The van der Waals surface area contributed by atoms with Crippen molar-refractivity contribution in [2.75, 3.05) is 0 Å². The first-order valence-electron chi connectivity index (χ1n) is 9.64. The largest absolute Gasteiger partial charge is 0.432 e. The van der Waals surface area contributed by atoms with Crippen molar-refractivity contribution in [3.8, 4) is 0 Å². The summed E-state index contributed by atoms with van der Waals surface area (Å²) in [7, 11) is -3.34. The fourth-order valence-corrected chi connectivity index (χ4v) is 4.50. The third-order valence-corrected chi connectivity index (χ3v) is 11.8. The topological polar surface area (TPSA) is 80.9 Å². The number of rotatable bonds is 6. The van der Waals surface area contributed by atoms with E-state index in [9.17, 15) is 9.59 Å². The molecule has 0 heterocycles. The van der Waals surface area contributed by atoms with Gasteiger partial charge in [-0.25, -0.2) is 0 Å².